The highest BCUT2D eigenvalue weighted by Gasteiger charge is 2.28. The van der Waals surface area contributed by atoms with Crippen LogP contribution in [0, 0.1) is 0 Å². The summed E-state index contributed by atoms with van der Waals surface area (Å²) in [5.41, 5.74) is 2.25. The van der Waals surface area contributed by atoms with Crippen molar-refractivity contribution in [2.24, 2.45) is 0 Å². The second-order valence-corrected chi connectivity index (χ2v) is 9.37. The molecule has 0 radical (unpaired) electrons. The van der Waals surface area contributed by atoms with Gasteiger partial charge in [0.1, 0.15) is 15.5 Å². The minimum absolute atomic E-state index is 0.0217. The predicted molar refractivity (Wildman–Crippen MR) is 121 cm³/mol. The van der Waals surface area contributed by atoms with Crippen LogP contribution in [-0.2, 0) is 16.4 Å². The Hall–Kier alpha value is -2.84. The van der Waals surface area contributed by atoms with Crippen LogP contribution in [0.25, 0.3) is 0 Å². The molecule has 1 aromatic heterocycles. The van der Waals surface area contributed by atoms with Crippen molar-refractivity contribution in [2.45, 2.75) is 25.2 Å². The lowest BCUT2D eigenvalue weighted by molar-refractivity contribution is 0.102. The van der Waals surface area contributed by atoms with Gasteiger partial charge in [-0.25, -0.2) is 8.42 Å². The van der Waals surface area contributed by atoms with Gasteiger partial charge in [-0.1, -0.05) is 19.1 Å². The number of nitrogens with zero attached hydrogens (tertiary/aromatic N) is 1. The molecule has 0 saturated carbocycles. The molecule has 0 bridgehead atoms. The number of anilines is 2. The molecule has 6 nitrogen and oxygen atoms in total. The fourth-order valence-electron chi connectivity index (χ4n) is 2.88. The summed E-state index contributed by atoms with van der Waals surface area (Å²) >= 11 is 1.10. The summed E-state index contributed by atoms with van der Waals surface area (Å²) in [5, 5.41) is 4.39. The number of hydrogen-bond acceptors (Lipinski definition) is 5. The first-order valence-corrected chi connectivity index (χ1v) is 11.9. The van der Waals surface area contributed by atoms with Gasteiger partial charge in [-0.15, -0.1) is 11.3 Å². The maximum atomic E-state index is 13.2. The molecule has 2 aromatic carbocycles. The number of ether oxygens (including phenoxy) is 1. The molecule has 0 fully saturated rings. The topological polar surface area (TPSA) is 75.7 Å². The Morgan fingerprint density at radius 2 is 1.70 bits per heavy atom. The average molecular weight is 445 g/mol. The van der Waals surface area contributed by atoms with Crippen molar-refractivity contribution in [2.75, 3.05) is 23.3 Å². The van der Waals surface area contributed by atoms with Crippen molar-refractivity contribution >= 4 is 38.6 Å². The maximum Gasteiger partial charge on any atom is 0.267 e. The van der Waals surface area contributed by atoms with Crippen molar-refractivity contribution in [1.29, 1.82) is 0 Å². The van der Waals surface area contributed by atoms with Crippen LogP contribution in [0.2, 0.25) is 0 Å². The molecule has 3 rings (SSSR count). The Bertz CT molecular complexity index is 1100. The van der Waals surface area contributed by atoms with Crippen LogP contribution in [0.3, 0.4) is 0 Å². The number of benzene rings is 2. The Labute approximate surface area is 181 Å². The van der Waals surface area contributed by atoms with Crippen molar-refractivity contribution in [3.63, 3.8) is 0 Å². The van der Waals surface area contributed by atoms with E-state index in [1.54, 1.807) is 29.6 Å². The van der Waals surface area contributed by atoms with Gasteiger partial charge in [0.25, 0.3) is 15.9 Å². The van der Waals surface area contributed by atoms with E-state index in [0.717, 1.165) is 27.6 Å². The Balaban J connectivity index is 1.83. The highest BCUT2D eigenvalue weighted by molar-refractivity contribution is 7.93. The van der Waals surface area contributed by atoms with Gasteiger partial charge in [0.15, 0.2) is 0 Å². The van der Waals surface area contributed by atoms with E-state index in [1.165, 1.54) is 13.1 Å². The molecule has 0 unspecified atom stereocenters. The van der Waals surface area contributed by atoms with E-state index in [2.05, 4.69) is 12.2 Å². The van der Waals surface area contributed by atoms with Crippen LogP contribution < -0.4 is 14.4 Å². The molecule has 1 heterocycles. The molecule has 0 saturated heterocycles. The third kappa shape index (κ3) is 4.66. The van der Waals surface area contributed by atoms with Gasteiger partial charge in [-0.2, -0.15) is 0 Å². The highest BCUT2D eigenvalue weighted by atomic mass is 32.2. The minimum atomic E-state index is -3.91. The summed E-state index contributed by atoms with van der Waals surface area (Å²) in [5.74, 6) is 0.213. The number of carbonyl (C=O) groups excluding carboxylic acids is 1. The molecule has 0 aliphatic heterocycles. The summed E-state index contributed by atoms with van der Waals surface area (Å²) in [4.78, 5) is 12.9. The smallest absolute Gasteiger partial charge is 0.267 e. The number of rotatable bonds is 8. The van der Waals surface area contributed by atoms with E-state index < -0.39 is 15.9 Å². The molecule has 8 heteroatoms. The SMILES string of the molecule is CCOc1ccc(N(C)S(=O)(=O)c2ccsc2C(=O)Nc2ccc(CC)cc2)cc1. The largest absolute Gasteiger partial charge is 0.494 e. The fraction of sp³-hybridized carbons (Fsp3) is 0.227. The number of aryl methyl sites for hydroxylation is 1. The van der Waals surface area contributed by atoms with Gasteiger partial charge in [0.2, 0.25) is 0 Å². The lowest BCUT2D eigenvalue weighted by Gasteiger charge is -2.20. The van der Waals surface area contributed by atoms with E-state index in [-0.39, 0.29) is 9.77 Å². The first-order valence-electron chi connectivity index (χ1n) is 9.56. The zero-order valence-electron chi connectivity index (χ0n) is 17.1. The molecule has 3 aromatic rings. The number of sulfonamides is 1. The van der Waals surface area contributed by atoms with Crippen molar-refractivity contribution in [1.82, 2.24) is 0 Å². The van der Waals surface area contributed by atoms with Crippen LogP contribution in [0.15, 0.2) is 64.9 Å². The number of amides is 1. The average Bonchev–Trinajstić information content (AvgIpc) is 3.26. The molecule has 1 N–H and O–H groups in total. The Morgan fingerprint density at radius 1 is 1.03 bits per heavy atom. The molecule has 1 amide bonds. The zero-order chi connectivity index (χ0) is 21.7. The van der Waals surface area contributed by atoms with Crippen LogP contribution >= 0.6 is 11.3 Å². The van der Waals surface area contributed by atoms with Crippen LogP contribution in [0.1, 0.15) is 29.1 Å². The third-order valence-corrected chi connectivity index (χ3v) is 7.48. The van der Waals surface area contributed by atoms with Gasteiger partial charge in [0.05, 0.1) is 12.3 Å². The molecular weight excluding hydrogens is 420 g/mol. The van der Waals surface area contributed by atoms with Gasteiger partial charge in [0, 0.05) is 12.7 Å². The van der Waals surface area contributed by atoms with Gasteiger partial charge >= 0.3 is 0 Å². The monoisotopic (exact) mass is 444 g/mol. The molecule has 0 aliphatic rings. The van der Waals surface area contributed by atoms with Gasteiger partial charge in [-0.05, 0) is 66.8 Å². The van der Waals surface area contributed by atoms with Crippen LogP contribution in [-0.4, -0.2) is 28.0 Å². The summed E-state index contributed by atoms with van der Waals surface area (Å²) in [7, 11) is -2.44. The Kier molecular flexibility index (Phi) is 6.79. The summed E-state index contributed by atoms with van der Waals surface area (Å²) in [6, 6.07) is 15.7. The molecule has 30 heavy (non-hydrogen) atoms. The molecule has 158 valence electrons. The highest BCUT2D eigenvalue weighted by Crippen LogP contribution is 2.29. The third-order valence-electron chi connectivity index (χ3n) is 4.61. The minimum Gasteiger partial charge on any atom is -0.494 e. The molecule has 0 spiro atoms. The van der Waals surface area contributed by atoms with Gasteiger partial charge < -0.3 is 10.1 Å². The number of carbonyl (C=O) groups is 1. The van der Waals surface area contributed by atoms with E-state index >= 15 is 0 Å². The van der Waals surface area contributed by atoms with Crippen molar-refractivity contribution in [3.8, 4) is 5.75 Å². The Morgan fingerprint density at radius 3 is 2.30 bits per heavy atom. The zero-order valence-corrected chi connectivity index (χ0v) is 18.7. The first kappa shape index (κ1) is 21.9. The molecule has 0 atom stereocenters. The second-order valence-electron chi connectivity index (χ2n) is 6.52. The first-order chi connectivity index (χ1) is 14.4. The fourth-order valence-corrected chi connectivity index (χ4v) is 5.37. The lowest BCUT2D eigenvalue weighted by Crippen LogP contribution is -2.28. The predicted octanol–water partition coefficient (Wildman–Crippen LogP) is 4.79. The normalized spacial score (nSPS) is 11.2. The lowest BCUT2D eigenvalue weighted by atomic mass is 10.1. The second kappa shape index (κ2) is 9.32. The molecular formula is C22H24N2O4S2. The van der Waals surface area contributed by atoms with Crippen molar-refractivity contribution < 1.29 is 17.9 Å². The van der Waals surface area contributed by atoms with Gasteiger partial charge in [-0.3, -0.25) is 9.10 Å². The van der Waals surface area contributed by atoms with E-state index in [4.69, 9.17) is 4.74 Å². The van der Waals surface area contributed by atoms with E-state index in [0.29, 0.717) is 23.7 Å². The summed E-state index contributed by atoms with van der Waals surface area (Å²) in [6.45, 7) is 4.46. The number of nitrogens with one attached hydrogen (secondary N) is 1. The standard InChI is InChI=1S/C22H24N2O4S2/c1-4-16-6-8-17(9-7-16)23-22(25)21-20(14-15-29-21)30(26,27)24(3)18-10-12-19(13-11-18)28-5-2/h6-15H,4-5H2,1-3H3,(H,23,25). The summed E-state index contributed by atoms with van der Waals surface area (Å²) < 4.78 is 32.9. The summed E-state index contributed by atoms with van der Waals surface area (Å²) in [6.07, 6.45) is 0.902. The van der Waals surface area contributed by atoms with Crippen LogP contribution in [0.5, 0.6) is 5.75 Å². The number of thiophene rings is 1. The molecule has 0 aliphatic carbocycles. The maximum absolute atomic E-state index is 13.2. The van der Waals surface area contributed by atoms with E-state index in [9.17, 15) is 13.2 Å². The number of hydrogen-bond donors (Lipinski definition) is 1. The van der Waals surface area contributed by atoms with Crippen molar-refractivity contribution in [3.05, 3.63) is 70.4 Å². The van der Waals surface area contributed by atoms with E-state index in [1.807, 2.05) is 31.2 Å². The van der Waals surface area contributed by atoms with Crippen LogP contribution in [0.4, 0.5) is 11.4 Å². The quantitative estimate of drug-likeness (QED) is 0.542.